The molecule has 0 spiro atoms. The molecule has 1 aliphatic carbocycles. The molecule has 1 saturated heterocycles. The number of hydrogen-bond donors (Lipinski definition) is 0. The number of likely N-dealkylation sites (tertiary alicyclic amines) is 1. The lowest BCUT2D eigenvalue weighted by atomic mass is 10.0. The third-order valence-corrected chi connectivity index (χ3v) is 4.73. The van der Waals surface area contributed by atoms with Crippen molar-refractivity contribution in [3.8, 4) is 0 Å². The molecule has 3 heteroatoms. The number of carbonyl (C=O) groups is 1. The van der Waals surface area contributed by atoms with E-state index in [1.807, 2.05) is 0 Å². The molecule has 0 bridgehead atoms. The van der Waals surface area contributed by atoms with Gasteiger partial charge >= 0.3 is 0 Å². The normalized spacial score (nSPS) is 22.8. The first-order valence-corrected chi connectivity index (χ1v) is 7.73. The first-order valence-electron chi connectivity index (χ1n) is 7.19. The molecule has 3 rings (SSSR count). The van der Waals surface area contributed by atoms with E-state index in [0.717, 1.165) is 38.8 Å². The number of benzene rings is 1. The van der Waals surface area contributed by atoms with Crippen LogP contribution in [0.3, 0.4) is 0 Å². The Kier molecular flexibility index (Phi) is 3.79. The Hall–Kier alpha value is -1.02. The Bertz CT molecular complexity index is 449. The predicted octanol–water partition coefficient (Wildman–Crippen LogP) is 2.88. The van der Waals surface area contributed by atoms with E-state index in [4.69, 9.17) is 11.6 Å². The smallest absolute Gasteiger partial charge is 0.226 e. The lowest BCUT2D eigenvalue weighted by molar-refractivity contribution is -0.134. The summed E-state index contributed by atoms with van der Waals surface area (Å²) in [6, 6.07) is 8.45. The number of carbonyl (C=O) groups excluding carboxylic acids is 1. The van der Waals surface area contributed by atoms with Crippen LogP contribution in [0, 0.1) is 11.8 Å². The maximum atomic E-state index is 12.6. The highest BCUT2D eigenvalue weighted by Gasteiger charge is 2.33. The molecule has 1 heterocycles. The molecule has 1 atom stereocenters. The molecule has 0 N–H and O–H groups in total. The average molecular weight is 278 g/mol. The SMILES string of the molecule is O=C(C1Cc2ccccc2C1)N1CCC(CCCl)C1. The molecule has 1 amide bonds. The van der Waals surface area contributed by atoms with Gasteiger partial charge in [0, 0.05) is 24.9 Å². The van der Waals surface area contributed by atoms with Gasteiger partial charge in [0.2, 0.25) is 5.91 Å². The summed E-state index contributed by atoms with van der Waals surface area (Å²) in [5.74, 6) is 1.85. The van der Waals surface area contributed by atoms with E-state index >= 15 is 0 Å². The second-order valence-electron chi connectivity index (χ2n) is 5.79. The molecule has 102 valence electrons. The van der Waals surface area contributed by atoms with Gasteiger partial charge in [0.05, 0.1) is 0 Å². The molecule has 0 radical (unpaired) electrons. The number of alkyl halides is 1. The summed E-state index contributed by atoms with van der Waals surface area (Å²) in [6.45, 7) is 1.84. The molecule has 1 aliphatic heterocycles. The van der Waals surface area contributed by atoms with Crippen molar-refractivity contribution in [2.75, 3.05) is 19.0 Å². The van der Waals surface area contributed by atoms with E-state index in [1.165, 1.54) is 11.1 Å². The molecule has 1 fully saturated rings. The summed E-state index contributed by atoms with van der Waals surface area (Å²) in [7, 11) is 0. The maximum Gasteiger partial charge on any atom is 0.226 e. The lowest BCUT2D eigenvalue weighted by Gasteiger charge is -2.20. The van der Waals surface area contributed by atoms with Gasteiger partial charge in [-0.05, 0) is 42.7 Å². The van der Waals surface area contributed by atoms with Gasteiger partial charge in [-0.1, -0.05) is 24.3 Å². The fourth-order valence-corrected chi connectivity index (χ4v) is 3.72. The van der Waals surface area contributed by atoms with Crippen LogP contribution in [0.25, 0.3) is 0 Å². The van der Waals surface area contributed by atoms with Gasteiger partial charge in [-0.2, -0.15) is 0 Å². The zero-order chi connectivity index (χ0) is 13.2. The quantitative estimate of drug-likeness (QED) is 0.778. The highest BCUT2D eigenvalue weighted by Crippen LogP contribution is 2.30. The number of amides is 1. The molecule has 2 aliphatic rings. The van der Waals surface area contributed by atoms with E-state index < -0.39 is 0 Å². The van der Waals surface area contributed by atoms with Crippen molar-refractivity contribution in [2.24, 2.45) is 11.8 Å². The first kappa shape index (κ1) is 13.0. The molecule has 0 aromatic heterocycles. The minimum atomic E-state index is 0.173. The molecule has 1 unspecified atom stereocenters. The molecular formula is C16H20ClNO. The molecule has 1 aromatic carbocycles. The number of nitrogens with zero attached hydrogens (tertiary/aromatic N) is 1. The van der Waals surface area contributed by atoms with Crippen LogP contribution in [0.2, 0.25) is 0 Å². The predicted molar refractivity (Wildman–Crippen MR) is 77.4 cm³/mol. The van der Waals surface area contributed by atoms with Crippen LogP contribution >= 0.6 is 11.6 Å². The van der Waals surface area contributed by atoms with Crippen molar-refractivity contribution < 1.29 is 4.79 Å². The summed E-state index contributed by atoms with van der Waals surface area (Å²) in [4.78, 5) is 14.6. The van der Waals surface area contributed by atoms with E-state index in [-0.39, 0.29) is 5.92 Å². The van der Waals surface area contributed by atoms with Gasteiger partial charge in [-0.15, -0.1) is 11.6 Å². The second-order valence-corrected chi connectivity index (χ2v) is 6.17. The number of rotatable bonds is 3. The van der Waals surface area contributed by atoms with Gasteiger partial charge in [0.1, 0.15) is 0 Å². The van der Waals surface area contributed by atoms with Crippen molar-refractivity contribution in [1.82, 2.24) is 4.90 Å². The van der Waals surface area contributed by atoms with Crippen molar-refractivity contribution in [3.63, 3.8) is 0 Å². The van der Waals surface area contributed by atoms with Crippen molar-refractivity contribution in [3.05, 3.63) is 35.4 Å². The summed E-state index contributed by atoms with van der Waals surface area (Å²) in [5.41, 5.74) is 2.72. The lowest BCUT2D eigenvalue weighted by Crippen LogP contribution is -2.34. The Morgan fingerprint density at radius 3 is 2.58 bits per heavy atom. The molecule has 0 saturated carbocycles. The fraction of sp³-hybridized carbons (Fsp3) is 0.562. The van der Waals surface area contributed by atoms with E-state index in [0.29, 0.717) is 17.7 Å². The monoisotopic (exact) mass is 277 g/mol. The van der Waals surface area contributed by atoms with Crippen LogP contribution < -0.4 is 0 Å². The van der Waals surface area contributed by atoms with Crippen LogP contribution in [0.1, 0.15) is 24.0 Å². The van der Waals surface area contributed by atoms with Gasteiger partial charge in [0.15, 0.2) is 0 Å². The zero-order valence-corrected chi connectivity index (χ0v) is 11.9. The highest BCUT2D eigenvalue weighted by atomic mass is 35.5. The van der Waals surface area contributed by atoms with Crippen LogP contribution in [-0.2, 0) is 17.6 Å². The Balaban J connectivity index is 1.61. The third-order valence-electron chi connectivity index (χ3n) is 4.52. The summed E-state index contributed by atoms with van der Waals surface area (Å²) >= 11 is 5.79. The Morgan fingerprint density at radius 2 is 1.95 bits per heavy atom. The largest absolute Gasteiger partial charge is 0.342 e. The zero-order valence-electron chi connectivity index (χ0n) is 11.1. The maximum absolute atomic E-state index is 12.6. The summed E-state index contributed by atoms with van der Waals surface area (Å²) in [6.07, 6.45) is 4.01. The average Bonchev–Trinajstić information content (AvgIpc) is 3.04. The molecule has 19 heavy (non-hydrogen) atoms. The van der Waals surface area contributed by atoms with Crippen molar-refractivity contribution >= 4 is 17.5 Å². The van der Waals surface area contributed by atoms with E-state index in [2.05, 4.69) is 29.2 Å². The first-order chi connectivity index (χ1) is 9.28. The number of hydrogen-bond acceptors (Lipinski definition) is 1. The van der Waals surface area contributed by atoms with Crippen molar-refractivity contribution in [2.45, 2.75) is 25.7 Å². The summed E-state index contributed by atoms with van der Waals surface area (Å²) in [5, 5.41) is 0. The second kappa shape index (κ2) is 5.54. The minimum Gasteiger partial charge on any atom is -0.342 e. The molecule has 1 aromatic rings. The van der Waals surface area contributed by atoms with Crippen LogP contribution in [0.5, 0.6) is 0 Å². The minimum absolute atomic E-state index is 0.173. The van der Waals surface area contributed by atoms with Crippen LogP contribution in [-0.4, -0.2) is 29.8 Å². The fourth-order valence-electron chi connectivity index (χ4n) is 3.41. The van der Waals surface area contributed by atoms with Crippen LogP contribution in [0.15, 0.2) is 24.3 Å². The Morgan fingerprint density at radius 1 is 1.26 bits per heavy atom. The standard InChI is InChI=1S/C16H20ClNO/c17-7-5-12-6-8-18(11-12)16(19)15-9-13-3-1-2-4-14(13)10-15/h1-4,12,15H,5-11H2. The highest BCUT2D eigenvalue weighted by molar-refractivity contribution is 6.17. The number of fused-ring (bicyclic) bond motifs is 1. The van der Waals surface area contributed by atoms with E-state index in [9.17, 15) is 4.79 Å². The van der Waals surface area contributed by atoms with Crippen molar-refractivity contribution in [1.29, 1.82) is 0 Å². The number of halogens is 1. The van der Waals surface area contributed by atoms with Gasteiger partial charge < -0.3 is 4.90 Å². The third kappa shape index (κ3) is 2.64. The van der Waals surface area contributed by atoms with Gasteiger partial charge in [-0.3, -0.25) is 4.79 Å². The van der Waals surface area contributed by atoms with Crippen LogP contribution in [0.4, 0.5) is 0 Å². The van der Waals surface area contributed by atoms with E-state index in [1.54, 1.807) is 0 Å². The summed E-state index contributed by atoms with van der Waals surface area (Å²) < 4.78 is 0. The molecule has 2 nitrogen and oxygen atoms in total. The van der Waals surface area contributed by atoms with Gasteiger partial charge in [-0.25, -0.2) is 0 Å². The Labute approximate surface area is 119 Å². The molecular weight excluding hydrogens is 258 g/mol. The van der Waals surface area contributed by atoms with Gasteiger partial charge in [0.25, 0.3) is 0 Å². The topological polar surface area (TPSA) is 20.3 Å².